The number of halogens is 5. The monoisotopic (exact) mass is 457 g/mol. The summed E-state index contributed by atoms with van der Waals surface area (Å²) < 4.78 is 72.3. The number of alkyl halides is 2. The number of rotatable bonds is 4. The van der Waals surface area contributed by atoms with Gasteiger partial charge in [-0.05, 0) is 50.1 Å². The molecule has 1 fully saturated rings. The van der Waals surface area contributed by atoms with Gasteiger partial charge in [0.15, 0.2) is 11.6 Å². The molecular formula is C23H16F5N5. The summed E-state index contributed by atoms with van der Waals surface area (Å²) >= 11 is 0. The summed E-state index contributed by atoms with van der Waals surface area (Å²) in [6.45, 7) is 0.649. The van der Waals surface area contributed by atoms with E-state index in [9.17, 15) is 17.6 Å². The molecule has 5 nitrogen and oxygen atoms in total. The molecule has 1 aliphatic rings. The van der Waals surface area contributed by atoms with E-state index in [1.54, 1.807) is 6.92 Å². The van der Waals surface area contributed by atoms with Crippen molar-refractivity contribution in [1.82, 2.24) is 19.6 Å². The van der Waals surface area contributed by atoms with Crippen LogP contribution in [0, 0.1) is 42.1 Å². The van der Waals surface area contributed by atoms with Gasteiger partial charge in [-0.15, -0.1) is 10.2 Å². The predicted octanol–water partition coefficient (Wildman–Crippen LogP) is 5.17. The van der Waals surface area contributed by atoms with Crippen LogP contribution in [0.5, 0.6) is 0 Å². The number of nitrogens with zero attached hydrogens (tertiary/aromatic N) is 5. The Morgan fingerprint density at radius 3 is 2.64 bits per heavy atom. The maximum absolute atomic E-state index is 15.0. The maximum atomic E-state index is 15.0. The van der Waals surface area contributed by atoms with Gasteiger partial charge >= 0.3 is 0 Å². The Kier molecular flexibility index (Phi) is 5.12. The number of aromatic nitrogens is 4. The third-order valence-electron chi connectivity index (χ3n) is 5.32. The first-order chi connectivity index (χ1) is 15.8. The first-order valence-electron chi connectivity index (χ1n) is 10.2. The minimum absolute atomic E-state index is 0.00502. The molecule has 0 spiro atoms. The standard InChI is InChI=1S/C23H16F5N5/c1-12-30-31-23-29-22(20-18(33(12)23)7-6-17(25)21(20)28)32(11-19(26)27)16-9-14(8-15(24)10-16)5-4-13-2-3-13/h6-10,13,19H,2-3,11H2,1H3. The van der Waals surface area contributed by atoms with E-state index in [2.05, 4.69) is 27.0 Å². The van der Waals surface area contributed by atoms with Crippen LogP contribution in [0.15, 0.2) is 30.3 Å². The third-order valence-corrected chi connectivity index (χ3v) is 5.32. The molecule has 0 aliphatic heterocycles. The summed E-state index contributed by atoms with van der Waals surface area (Å²) in [5.41, 5.74) is 0.404. The molecule has 0 amide bonds. The van der Waals surface area contributed by atoms with Gasteiger partial charge in [0, 0.05) is 17.2 Å². The molecule has 0 bridgehead atoms. The smallest absolute Gasteiger partial charge is 0.257 e. The summed E-state index contributed by atoms with van der Waals surface area (Å²) in [5.74, 6) is 2.97. The summed E-state index contributed by atoms with van der Waals surface area (Å²) in [4.78, 5) is 5.17. The van der Waals surface area contributed by atoms with Crippen LogP contribution in [0.4, 0.5) is 33.5 Å². The van der Waals surface area contributed by atoms with E-state index < -0.39 is 30.4 Å². The Morgan fingerprint density at radius 1 is 1.12 bits per heavy atom. The first kappa shape index (κ1) is 21.1. The number of hydrogen-bond acceptors (Lipinski definition) is 4. The zero-order valence-corrected chi connectivity index (χ0v) is 17.3. The molecule has 168 valence electrons. The SMILES string of the molecule is Cc1nnc2nc(N(CC(F)F)c3cc(F)cc(C#CC4CC4)c3)c3c(F)c(F)ccc3n12. The van der Waals surface area contributed by atoms with Crippen molar-refractivity contribution in [3.63, 3.8) is 0 Å². The van der Waals surface area contributed by atoms with Crippen LogP contribution < -0.4 is 4.90 Å². The first-order valence-corrected chi connectivity index (χ1v) is 10.2. The van der Waals surface area contributed by atoms with Crippen LogP contribution in [0.25, 0.3) is 16.7 Å². The summed E-state index contributed by atoms with van der Waals surface area (Å²) in [6, 6.07) is 5.85. The lowest BCUT2D eigenvalue weighted by atomic mass is 10.1. The van der Waals surface area contributed by atoms with Crippen molar-refractivity contribution >= 4 is 28.2 Å². The van der Waals surface area contributed by atoms with E-state index in [4.69, 9.17) is 0 Å². The van der Waals surface area contributed by atoms with E-state index in [0.717, 1.165) is 29.9 Å². The van der Waals surface area contributed by atoms with Crippen molar-refractivity contribution in [2.75, 3.05) is 11.4 Å². The normalized spacial score (nSPS) is 13.5. The van der Waals surface area contributed by atoms with Crippen LogP contribution in [0.1, 0.15) is 24.2 Å². The Labute approximate surface area is 184 Å². The minimum atomic E-state index is -2.89. The third kappa shape index (κ3) is 3.95. The van der Waals surface area contributed by atoms with Gasteiger partial charge in [0.25, 0.3) is 12.2 Å². The highest BCUT2D eigenvalue weighted by Crippen LogP contribution is 2.35. The molecule has 10 heteroatoms. The fourth-order valence-corrected chi connectivity index (χ4v) is 3.66. The highest BCUT2D eigenvalue weighted by Gasteiger charge is 2.25. The number of anilines is 2. The van der Waals surface area contributed by atoms with Crippen molar-refractivity contribution in [3.05, 3.63) is 59.2 Å². The van der Waals surface area contributed by atoms with E-state index in [1.165, 1.54) is 22.6 Å². The van der Waals surface area contributed by atoms with Gasteiger partial charge in [0.05, 0.1) is 17.4 Å². The van der Waals surface area contributed by atoms with Crippen molar-refractivity contribution in [2.24, 2.45) is 5.92 Å². The van der Waals surface area contributed by atoms with Crippen LogP contribution >= 0.6 is 0 Å². The topological polar surface area (TPSA) is 46.3 Å². The second-order valence-corrected chi connectivity index (χ2v) is 7.82. The fraction of sp³-hybridized carbons (Fsp3) is 0.261. The van der Waals surface area contributed by atoms with Gasteiger partial charge < -0.3 is 4.90 Å². The summed E-state index contributed by atoms with van der Waals surface area (Å²) in [6.07, 6.45) is -0.963. The average molecular weight is 457 g/mol. The molecule has 2 aromatic carbocycles. The zero-order valence-electron chi connectivity index (χ0n) is 17.3. The second-order valence-electron chi connectivity index (χ2n) is 7.82. The van der Waals surface area contributed by atoms with Crippen molar-refractivity contribution in [2.45, 2.75) is 26.2 Å². The summed E-state index contributed by atoms with van der Waals surface area (Å²) in [7, 11) is 0. The molecule has 2 aromatic heterocycles. The Morgan fingerprint density at radius 2 is 1.91 bits per heavy atom. The molecule has 5 rings (SSSR count). The second kappa shape index (κ2) is 7.99. The van der Waals surface area contributed by atoms with Crippen molar-refractivity contribution in [3.8, 4) is 11.8 Å². The molecule has 1 aliphatic carbocycles. The largest absolute Gasteiger partial charge is 0.320 e. The highest BCUT2D eigenvalue weighted by molar-refractivity contribution is 5.94. The number of benzene rings is 2. The summed E-state index contributed by atoms with van der Waals surface area (Å²) in [5, 5.41) is 7.45. The predicted molar refractivity (Wildman–Crippen MR) is 112 cm³/mol. The van der Waals surface area contributed by atoms with Crippen molar-refractivity contribution in [1.29, 1.82) is 0 Å². The molecule has 2 heterocycles. The Bertz CT molecular complexity index is 1450. The lowest BCUT2D eigenvalue weighted by Gasteiger charge is -2.25. The maximum Gasteiger partial charge on any atom is 0.257 e. The molecular weight excluding hydrogens is 441 g/mol. The molecule has 4 aromatic rings. The number of aryl methyl sites for hydroxylation is 1. The van der Waals surface area contributed by atoms with Crippen molar-refractivity contribution < 1.29 is 22.0 Å². The molecule has 0 N–H and O–H groups in total. The molecule has 33 heavy (non-hydrogen) atoms. The number of fused-ring (bicyclic) bond motifs is 3. The Hall–Kier alpha value is -3.74. The lowest BCUT2D eigenvalue weighted by molar-refractivity contribution is 0.158. The molecule has 0 unspecified atom stereocenters. The van der Waals surface area contributed by atoms with Crippen LogP contribution in [-0.2, 0) is 0 Å². The van der Waals surface area contributed by atoms with Crippen LogP contribution in [0.2, 0.25) is 0 Å². The Balaban J connectivity index is 1.77. The molecule has 0 radical (unpaired) electrons. The van der Waals surface area contributed by atoms with Gasteiger partial charge in [-0.25, -0.2) is 22.0 Å². The van der Waals surface area contributed by atoms with E-state index in [1.807, 2.05) is 0 Å². The van der Waals surface area contributed by atoms with Crippen LogP contribution in [-0.4, -0.2) is 32.6 Å². The number of hydrogen-bond donors (Lipinski definition) is 0. The zero-order chi connectivity index (χ0) is 23.3. The highest BCUT2D eigenvalue weighted by atomic mass is 19.3. The van der Waals surface area contributed by atoms with Gasteiger partial charge in [-0.2, -0.15) is 4.98 Å². The van der Waals surface area contributed by atoms with Gasteiger partial charge in [-0.3, -0.25) is 4.40 Å². The van der Waals surface area contributed by atoms with E-state index in [-0.39, 0.29) is 39.7 Å². The fourth-order valence-electron chi connectivity index (χ4n) is 3.66. The quantitative estimate of drug-likeness (QED) is 0.314. The minimum Gasteiger partial charge on any atom is -0.320 e. The van der Waals surface area contributed by atoms with Gasteiger partial charge in [0.1, 0.15) is 17.5 Å². The molecule has 1 saturated carbocycles. The van der Waals surface area contributed by atoms with Gasteiger partial charge in [0.2, 0.25) is 0 Å². The van der Waals surface area contributed by atoms with Crippen LogP contribution in [0.3, 0.4) is 0 Å². The lowest BCUT2D eigenvalue weighted by Crippen LogP contribution is -2.26. The molecule has 0 saturated heterocycles. The van der Waals surface area contributed by atoms with E-state index >= 15 is 4.39 Å². The average Bonchev–Trinajstić information content (AvgIpc) is 3.53. The molecule has 0 atom stereocenters. The van der Waals surface area contributed by atoms with Gasteiger partial charge in [-0.1, -0.05) is 11.8 Å². The van der Waals surface area contributed by atoms with E-state index in [0.29, 0.717) is 5.82 Å².